The molecule has 40 heavy (non-hydrogen) atoms. The van der Waals surface area contributed by atoms with Crippen molar-refractivity contribution < 1.29 is 0 Å². The van der Waals surface area contributed by atoms with E-state index in [2.05, 4.69) is 175 Å². The molecular weight excluding hydrogens is 482 g/mol. The van der Waals surface area contributed by atoms with Gasteiger partial charge in [0.2, 0.25) is 11.4 Å². The molecule has 0 fully saturated rings. The Morgan fingerprint density at radius 3 is 1.18 bits per heavy atom. The molecule has 0 spiro atoms. The first-order chi connectivity index (χ1) is 19.8. The summed E-state index contributed by atoms with van der Waals surface area (Å²) in [6.45, 7) is 0. The van der Waals surface area contributed by atoms with E-state index in [9.17, 15) is 0 Å². The summed E-state index contributed by atoms with van der Waals surface area (Å²) in [5.74, 6) is 0. The first-order valence-electron chi connectivity index (χ1n) is 13.6. The highest BCUT2D eigenvalue weighted by Crippen LogP contribution is 2.28. The van der Waals surface area contributed by atoms with Crippen LogP contribution in [0.1, 0.15) is 22.3 Å². The molecule has 0 unspecified atom stereocenters. The van der Waals surface area contributed by atoms with E-state index in [1.807, 2.05) is 12.1 Å². The van der Waals surface area contributed by atoms with Crippen molar-refractivity contribution in [3.8, 4) is 11.1 Å². The van der Waals surface area contributed by atoms with Crippen LogP contribution in [0.5, 0.6) is 0 Å². The monoisotopic (exact) mass is 512 g/mol. The second-order valence-corrected chi connectivity index (χ2v) is 9.70. The lowest BCUT2D eigenvalue weighted by Crippen LogP contribution is -2.06. The fourth-order valence-corrected chi connectivity index (χ4v) is 4.89. The topological polar surface area (TPSA) is 3.01 Å². The number of nitrogens with zero attached hydrogens (tertiary/aromatic N) is 1. The molecule has 6 aromatic rings. The number of hydrogen-bond acceptors (Lipinski definition) is 0. The average molecular weight is 513 g/mol. The van der Waals surface area contributed by atoms with Crippen LogP contribution in [0.2, 0.25) is 0 Å². The van der Waals surface area contributed by atoms with Gasteiger partial charge in [0, 0.05) is 29.8 Å². The quantitative estimate of drug-likeness (QED) is 0.114. The summed E-state index contributed by atoms with van der Waals surface area (Å²) in [5.41, 5.74) is 10.6. The van der Waals surface area contributed by atoms with Gasteiger partial charge in [-0.25, -0.2) is 0 Å². The number of hydrogen-bond donors (Lipinski definition) is 0. The van der Waals surface area contributed by atoms with Crippen molar-refractivity contribution in [2.45, 2.75) is 0 Å². The van der Waals surface area contributed by atoms with E-state index < -0.39 is 0 Å². The van der Waals surface area contributed by atoms with Crippen LogP contribution >= 0.6 is 0 Å². The molecule has 0 aromatic heterocycles. The van der Waals surface area contributed by atoms with Gasteiger partial charge in [0.05, 0.1) is 0 Å². The highest BCUT2D eigenvalue weighted by Gasteiger charge is 2.13. The molecule has 0 radical (unpaired) electrons. The predicted octanol–water partition coefficient (Wildman–Crippen LogP) is 9.90. The van der Waals surface area contributed by atoms with Crippen molar-refractivity contribution >= 4 is 29.2 Å². The Labute approximate surface area is 236 Å². The lowest BCUT2D eigenvalue weighted by molar-refractivity contribution is 1.10. The smallest absolute Gasteiger partial charge is 0.160 e. The molecule has 0 heterocycles. The highest BCUT2D eigenvalue weighted by atomic mass is 15.0. The van der Waals surface area contributed by atoms with Crippen molar-refractivity contribution in [2.75, 3.05) is 0 Å². The summed E-state index contributed by atoms with van der Waals surface area (Å²) in [4.78, 5) is 0. The van der Waals surface area contributed by atoms with Crippen molar-refractivity contribution in [2.24, 2.45) is 0 Å². The zero-order valence-corrected chi connectivity index (χ0v) is 22.3. The van der Waals surface area contributed by atoms with E-state index in [4.69, 9.17) is 0 Å². The minimum atomic E-state index is 1.13. The molecule has 0 amide bonds. The maximum atomic E-state index is 2.27. The Hall–Kier alpha value is -5.27. The van der Waals surface area contributed by atoms with Gasteiger partial charge in [-0.15, -0.1) is 0 Å². The fraction of sp³-hybridized carbons (Fsp3) is 0. The van der Waals surface area contributed by atoms with Crippen LogP contribution in [-0.4, -0.2) is 6.21 Å². The van der Waals surface area contributed by atoms with Crippen LogP contribution in [0.4, 0.5) is 11.4 Å². The zero-order chi connectivity index (χ0) is 27.0. The first-order valence-corrected chi connectivity index (χ1v) is 13.6. The molecule has 6 aromatic carbocycles. The van der Waals surface area contributed by atoms with E-state index >= 15 is 0 Å². The normalized spacial score (nSPS) is 10.5. The van der Waals surface area contributed by atoms with E-state index in [1.54, 1.807) is 0 Å². The summed E-state index contributed by atoms with van der Waals surface area (Å²) >= 11 is 0. The predicted molar refractivity (Wildman–Crippen MR) is 171 cm³/mol. The van der Waals surface area contributed by atoms with Crippen molar-refractivity contribution in [1.82, 2.24) is 4.58 Å². The van der Waals surface area contributed by atoms with Gasteiger partial charge in [-0.1, -0.05) is 133 Å². The Balaban J connectivity index is 1.28. The Kier molecular flexibility index (Phi) is 7.55. The Morgan fingerprint density at radius 1 is 0.375 bits per heavy atom. The maximum Gasteiger partial charge on any atom is 0.211 e. The molecule has 0 saturated heterocycles. The molecular formula is C39H30N+. The molecule has 0 saturated carbocycles. The minimum Gasteiger partial charge on any atom is -0.160 e. The third-order valence-electron chi connectivity index (χ3n) is 6.98. The third kappa shape index (κ3) is 5.90. The summed E-state index contributed by atoms with van der Waals surface area (Å²) in [6.07, 6.45) is 4.46. The molecule has 6 rings (SSSR count). The van der Waals surface area contributed by atoms with Gasteiger partial charge < -0.3 is 0 Å². The third-order valence-corrected chi connectivity index (χ3v) is 6.98. The standard InChI is InChI=1S/C39H30N/c1-5-13-35(14-6-1)39(36-15-7-2-8-16-36)29-31-21-25-33(26-22-31)34-27-23-32(24-28-34)30-40(37-17-9-3-10-18-37)38-19-11-4-12-20-38/h1-30H/q+1. The molecule has 1 nitrogen and oxygen atoms in total. The maximum absolute atomic E-state index is 2.27. The van der Waals surface area contributed by atoms with Crippen LogP contribution in [-0.2, 0) is 0 Å². The lowest BCUT2D eigenvalue weighted by Gasteiger charge is -2.09. The van der Waals surface area contributed by atoms with Crippen molar-refractivity contribution in [3.63, 3.8) is 0 Å². The van der Waals surface area contributed by atoms with Gasteiger partial charge in [-0.05, 0) is 51.6 Å². The largest absolute Gasteiger partial charge is 0.211 e. The average Bonchev–Trinajstić information content (AvgIpc) is 3.05. The SMILES string of the molecule is C(=C(c1ccccc1)c1ccccc1)c1ccc(-c2ccc(C=[N+](c3ccccc3)c3ccccc3)cc2)cc1. The molecule has 0 aliphatic carbocycles. The number of rotatable bonds is 7. The van der Waals surface area contributed by atoms with Gasteiger partial charge in [0.25, 0.3) is 0 Å². The van der Waals surface area contributed by atoms with Crippen LogP contribution in [0.15, 0.2) is 170 Å². The van der Waals surface area contributed by atoms with Gasteiger partial charge >= 0.3 is 0 Å². The van der Waals surface area contributed by atoms with E-state index in [-0.39, 0.29) is 0 Å². The second kappa shape index (κ2) is 12.1. The van der Waals surface area contributed by atoms with Crippen LogP contribution in [0.25, 0.3) is 22.8 Å². The summed E-state index contributed by atoms with van der Waals surface area (Å²) in [7, 11) is 0. The number of benzene rings is 6. The molecule has 0 N–H and O–H groups in total. The van der Waals surface area contributed by atoms with E-state index in [0.29, 0.717) is 0 Å². The highest BCUT2D eigenvalue weighted by molar-refractivity contribution is 5.91. The van der Waals surface area contributed by atoms with Gasteiger partial charge in [0.1, 0.15) is 0 Å². The lowest BCUT2D eigenvalue weighted by atomic mass is 9.95. The summed E-state index contributed by atoms with van der Waals surface area (Å²) in [6, 6.07) is 59.7. The van der Waals surface area contributed by atoms with Crippen LogP contribution in [0.3, 0.4) is 0 Å². The van der Waals surface area contributed by atoms with Gasteiger partial charge in [0.15, 0.2) is 6.21 Å². The molecule has 0 aliphatic heterocycles. The second-order valence-electron chi connectivity index (χ2n) is 9.70. The first kappa shape index (κ1) is 25.0. The zero-order valence-electron chi connectivity index (χ0n) is 22.3. The molecule has 1 heteroatoms. The minimum absolute atomic E-state index is 1.13. The van der Waals surface area contributed by atoms with Gasteiger partial charge in [-0.2, -0.15) is 4.58 Å². The fourth-order valence-electron chi connectivity index (χ4n) is 4.89. The van der Waals surface area contributed by atoms with E-state index in [0.717, 1.165) is 16.9 Å². The van der Waals surface area contributed by atoms with E-state index in [1.165, 1.54) is 33.4 Å². The molecule has 0 aliphatic rings. The van der Waals surface area contributed by atoms with Crippen LogP contribution in [0, 0.1) is 0 Å². The molecule has 190 valence electrons. The molecule has 0 atom stereocenters. The van der Waals surface area contributed by atoms with Crippen LogP contribution < -0.4 is 4.58 Å². The van der Waals surface area contributed by atoms with Gasteiger partial charge in [-0.3, -0.25) is 0 Å². The summed E-state index contributed by atoms with van der Waals surface area (Å²) in [5, 5.41) is 0. The van der Waals surface area contributed by atoms with Crippen molar-refractivity contribution in [3.05, 3.63) is 192 Å². The molecule has 0 bridgehead atoms. The Bertz CT molecular complexity index is 1500. The number of para-hydroxylation sites is 2. The van der Waals surface area contributed by atoms with Crippen molar-refractivity contribution in [1.29, 1.82) is 0 Å². The summed E-state index contributed by atoms with van der Waals surface area (Å²) < 4.78 is 2.23. The Morgan fingerprint density at radius 2 is 0.750 bits per heavy atom.